The Morgan fingerprint density at radius 1 is 1.17 bits per heavy atom. The van der Waals surface area contributed by atoms with Crippen molar-refractivity contribution < 1.29 is 17.6 Å². The number of carbonyl (C=O) groups excluding carboxylic acids is 1. The molecule has 1 fully saturated rings. The van der Waals surface area contributed by atoms with Crippen molar-refractivity contribution in [1.29, 1.82) is 0 Å². The fraction of sp³-hybridized carbons (Fsp3) is 0.500. The predicted molar refractivity (Wildman–Crippen MR) is 84.0 cm³/mol. The monoisotopic (exact) mass is 353 g/mol. The van der Waals surface area contributed by atoms with E-state index in [1.54, 1.807) is 11.8 Å². The Morgan fingerprint density at radius 2 is 1.83 bits per heavy atom. The zero-order valence-corrected chi connectivity index (χ0v) is 14.6. The molecule has 2 aromatic heterocycles. The summed E-state index contributed by atoms with van der Waals surface area (Å²) >= 11 is 0. The van der Waals surface area contributed by atoms with Crippen LogP contribution in [0.15, 0.2) is 15.9 Å². The second-order valence-corrected chi connectivity index (χ2v) is 7.55. The highest BCUT2D eigenvalue weighted by Gasteiger charge is 2.33. The number of aromatic amines is 1. The third kappa shape index (κ3) is 2.71. The highest BCUT2D eigenvalue weighted by Crippen LogP contribution is 2.23. The van der Waals surface area contributed by atoms with Crippen molar-refractivity contribution in [3.05, 3.63) is 29.0 Å². The number of aryl methyl sites for hydroxylation is 2. The largest absolute Gasteiger partial charge is 0.466 e. The SMILES string of the molecule is Cc1oc(C)c(C(=O)N2CCN(S(=O)(=O)c3ncn[nH]3)CC2)c1C. The van der Waals surface area contributed by atoms with Crippen molar-refractivity contribution in [2.75, 3.05) is 26.2 Å². The second-order valence-electron chi connectivity index (χ2n) is 5.70. The first-order chi connectivity index (χ1) is 11.3. The van der Waals surface area contributed by atoms with E-state index in [1.807, 2.05) is 13.8 Å². The van der Waals surface area contributed by atoms with Crippen LogP contribution in [0.5, 0.6) is 0 Å². The molecule has 1 amide bonds. The maximum Gasteiger partial charge on any atom is 0.278 e. The van der Waals surface area contributed by atoms with Crippen molar-refractivity contribution in [3.63, 3.8) is 0 Å². The Bertz CT molecular complexity index is 848. The van der Waals surface area contributed by atoms with Gasteiger partial charge in [-0.3, -0.25) is 4.79 Å². The zero-order valence-electron chi connectivity index (χ0n) is 13.7. The molecule has 0 spiro atoms. The van der Waals surface area contributed by atoms with Crippen molar-refractivity contribution in [2.24, 2.45) is 0 Å². The van der Waals surface area contributed by atoms with Gasteiger partial charge in [0.25, 0.3) is 21.1 Å². The van der Waals surface area contributed by atoms with Crippen molar-refractivity contribution in [1.82, 2.24) is 24.4 Å². The van der Waals surface area contributed by atoms with Gasteiger partial charge in [0.05, 0.1) is 5.56 Å². The fourth-order valence-electron chi connectivity index (χ4n) is 2.84. The zero-order chi connectivity index (χ0) is 17.5. The topological polar surface area (TPSA) is 112 Å². The van der Waals surface area contributed by atoms with Gasteiger partial charge >= 0.3 is 0 Å². The third-order valence-electron chi connectivity index (χ3n) is 4.28. The van der Waals surface area contributed by atoms with Crippen LogP contribution in [0.2, 0.25) is 0 Å². The van der Waals surface area contributed by atoms with E-state index >= 15 is 0 Å². The summed E-state index contributed by atoms with van der Waals surface area (Å²) in [5.41, 5.74) is 1.40. The van der Waals surface area contributed by atoms with Gasteiger partial charge in [-0.15, -0.1) is 0 Å². The average Bonchev–Trinajstić information content (AvgIpc) is 3.17. The number of amides is 1. The molecule has 1 aliphatic heterocycles. The number of nitrogens with one attached hydrogen (secondary N) is 1. The Morgan fingerprint density at radius 3 is 2.33 bits per heavy atom. The van der Waals surface area contributed by atoms with E-state index < -0.39 is 10.0 Å². The number of hydrogen-bond donors (Lipinski definition) is 1. The lowest BCUT2D eigenvalue weighted by Crippen LogP contribution is -2.50. The summed E-state index contributed by atoms with van der Waals surface area (Å²) in [6, 6.07) is 0. The molecular formula is C14H19N5O4S. The number of H-pyrrole nitrogens is 1. The highest BCUT2D eigenvalue weighted by molar-refractivity contribution is 7.88. The molecule has 0 radical (unpaired) electrons. The quantitative estimate of drug-likeness (QED) is 0.858. The average molecular weight is 353 g/mol. The van der Waals surface area contributed by atoms with E-state index in [1.165, 1.54) is 4.31 Å². The maximum absolute atomic E-state index is 12.7. The second kappa shape index (κ2) is 6.02. The molecule has 10 heteroatoms. The lowest BCUT2D eigenvalue weighted by atomic mass is 10.1. The van der Waals surface area contributed by atoms with Crippen LogP contribution < -0.4 is 0 Å². The molecule has 0 saturated carbocycles. The normalized spacial score (nSPS) is 16.5. The minimum atomic E-state index is -3.70. The van der Waals surface area contributed by atoms with Crippen molar-refractivity contribution in [3.8, 4) is 0 Å². The van der Waals surface area contributed by atoms with E-state index in [9.17, 15) is 13.2 Å². The number of carbonyl (C=O) groups is 1. The van der Waals surface area contributed by atoms with Gasteiger partial charge in [0.2, 0.25) is 0 Å². The van der Waals surface area contributed by atoms with Gasteiger partial charge < -0.3 is 9.32 Å². The number of nitrogens with zero attached hydrogens (tertiary/aromatic N) is 4. The van der Waals surface area contributed by atoms with Crippen LogP contribution >= 0.6 is 0 Å². The number of furan rings is 1. The van der Waals surface area contributed by atoms with E-state index in [-0.39, 0.29) is 24.2 Å². The highest BCUT2D eigenvalue weighted by atomic mass is 32.2. The van der Waals surface area contributed by atoms with Crippen LogP contribution in [0.4, 0.5) is 0 Å². The summed E-state index contributed by atoms with van der Waals surface area (Å²) in [5, 5.41) is 5.76. The molecule has 1 aliphatic rings. The summed E-state index contributed by atoms with van der Waals surface area (Å²) in [5.74, 6) is 1.19. The van der Waals surface area contributed by atoms with Crippen LogP contribution in [-0.4, -0.2) is 64.9 Å². The van der Waals surface area contributed by atoms with Gasteiger partial charge in [-0.05, 0) is 20.8 Å². The van der Waals surface area contributed by atoms with Crippen LogP contribution in [0.25, 0.3) is 0 Å². The molecule has 1 N–H and O–H groups in total. The first-order valence-electron chi connectivity index (χ1n) is 7.53. The van der Waals surface area contributed by atoms with Crippen LogP contribution in [0.3, 0.4) is 0 Å². The van der Waals surface area contributed by atoms with Crippen molar-refractivity contribution in [2.45, 2.75) is 25.9 Å². The molecule has 1 saturated heterocycles. The smallest absolute Gasteiger partial charge is 0.278 e. The van der Waals surface area contributed by atoms with Crippen LogP contribution in [0, 0.1) is 20.8 Å². The Labute approximate surface area is 139 Å². The van der Waals surface area contributed by atoms with E-state index in [4.69, 9.17) is 4.42 Å². The molecule has 9 nitrogen and oxygen atoms in total. The molecule has 24 heavy (non-hydrogen) atoms. The van der Waals surface area contributed by atoms with Crippen molar-refractivity contribution >= 4 is 15.9 Å². The molecule has 3 heterocycles. The van der Waals surface area contributed by atoms with E-state index in [2.05, 4.69) is 15.2 Å². The van der Waals surface area contributed by atoms with Gasteiger partial charge in [0, 0.05) is 31.7 Å². The molecule has 0 unspecified atom stereocenters. The van der Waals surface area contributed by atoms with Crippen LogP contribution in [0.1, 0.15) is 27.4 Å². The summed E-state index contributed by atoms with van der Waals surface area (Å²) < 4.78 is 31.6. The standard InChI is InChI=1S/C14H19N5O4S/c1-9-10(2)23-11(3)12(9)13(20)18-4-6-19(7-5-18)24(21,22)14-15-8-16-17-14/h8H,4-7H2,1-3H3,(H,15,16,17). The number of hydrogen-bond acceptors (Lipinski definition) is 6. The summed E-state index contributed by atoms with van der Waals surface area (Å²) in [6.07, 6.45) is 1.15. The molecular weight excluding hydrogens is 334 g/mol. The summed E-state index contributed by atoms with van der Waals surface area (Å²) in [7, 11) is -3.70. The van der Waals surface area contributed by atoms with Gasteiger partial charge in [-0.25, -0.2) is 18.5 Å². The molecule has 0 bridgehead atoms. The fourth-order valence-corrected chi connectivity index (χ4v) is 4.08. The first-order valence-corrected chi connectivity index (χ1v) is 8.97. The van der Waals surface area contributed by atoms with Gasteiger partial charge in [0.1, 0.15) is 17.8 Å². The third-order valence-corrected chi connectivity index (χ3v) is 6.01. The van der Waals surface area contributed by atoms with Gasteiger partial charge in [-0.1, -0.05) is 0 Å². The van der Waals surface area contributed by atoms with E-state index in [0.29, 0.717) is 24.4 Å². The first kappa shape index (κ1) is 16.7. The minimum Gasteiger partial charge on any atom is -0.466 e. The molecule has 0 aromatic carbocycles. The summed E-state index contributed by atoms with van der Waals surface area (Å²) in [6.45, 7) is 6.49. The minimum absolute atomic E-state index is 0.126. The van der Waals surface area contributed by atoms with Gasteiger partial charge in [-0.2, -0.15) is 9.40 Å². The van der Waals surface area contributed by atoms with Crippen LogP contribution in [-0.2, 0) is 10.0 Å². The Hall–Kier alpha value is -2.20. The lowest BCUT2D eigenvalue weighted by Gasteiger charge is -2.33. The number of aromatic nitrogens is 3. The summed E-state index contributed by atoms with van der Waals surface area (Å²) in [4.78, 5) is 18.1. The lowest BCUT2D eigenvalue weighted by molar-refractivity contribution is 0.0695. The maximum atomic E-state index is 12.7. The molecule has 3 rings (SSSR count). The predicted octanol–water partition coefficient (Wildman–Crippen LogP) is 0.470. The molecule has 0 atom stereocenters. The molecule has 130 valence electrons. The molecule has 2 aromatic rings. The number of rotatable bonds is 3. The number of sulfonamides is 1. The van der Waals surface area contributed by atoms with E-state index in [0.717, 1.165) is 17.7 Å². The Balaban J connectivity index is 1.72. The van der Waals surface area contributed by atoms with Gasteiger partial charge in [0.15, 0.2) is 0 Å². The number of piperazine rings is 1. The Kier molecular flexibility index (Phi) is 4.18. The molecule has 0 aliphatic carbocycles.